The van der Waals surface area contributed by atoms with Gasteiger partial charge in [0.15, 0.2) is 5.76 Å². The normalized spacial score (nSPS) is 11.8. The van der Waals surface area contributed by atoms with Crippen LogP contribution in [0.5, 0.6) is 0 Å². The first-order valence-corrected chi connectivity index (χ1v) is 14.2. The molecule has 0 aliphatic heterocycles. The van der Waals surface area contributed by atoms with E-state index < -0.39 is 0 Å². The van der Waals surface area contributed by atoms with E-state index in [4.69, 9.17) is 14.5 Å². The molecular weight excluding hydrogens is 632 g/mol. The van der Waals surface area contributed by atoms with Crippen molar-refractivity contribution in [1.82, 2.24) is 14.2 Å². The van der Waals surface area contributed by atoms with Crippen molar-refractivity contribution in [2.24, 2.45) is 5.10 Å². The van der Waals surface area contributed by atoms with Crippen LogP contribution in [0.15, 0.2) is 127 Å². The molecule has 0 radical (unpaired) electrons. The number of halogens is 2. The van der Waals surface area contributed by atoms with E-state index in [0.717, 1.165) is 30.8 Å². The van der Waals surface area contributed by atoms with Crippen molar-refractivity contribution in [1.29, 1.82) is 0 Å². The molecule has 3 heterocycles. The first-order valence-electron chi connectivity index (χ1n) is 12.6. The van der Waals surface area contributed by atoms with Crippen molar-refractivity contribution in [3.05, 3.63) is 134 Å². The first kappa shape index (κ1) is 24.7. The zero-order valence-corrected chi connectivity index (χ0v) is 24.1. The van der Waals surface area contributed by atoms with Crippen LogP contribution in [0.25, 0.3) is 44.4 Å². The second kappa shape index (κ2) is 10.0. The van der Waals surface area contributed by atoms with Crippen LogP contribution in [0.3, 0.4) is 0 Å². The van der Waals surface area contributed by atoms with Crippen molar-refractivity contribution < 1.29 is 4.42 Å². The molecule has 3 aromatic heterocycles. The fraction of sp³-hybridized carbons (Fsp3) is 0.0312. The predicted molar refractivity (Wildman–Crippen MR) is 167 cm³/mol. The zero-order chi connectivity index (χ0) is 27.2. The topological polar surface area (TPSA) is 65.3 Å². The molecular formula is C32H20Br2N4O2. The van der Waals surface area contributed by atoms with Crippen molar-refractivity contribution in [2.75, 3.05) is 0 Å². The number of aromatic nitrogens is 3. The molecule has 0 saturated heterocycles. The maximum absolute atomic E-state index is 13.7. The fourth-order valence-electron chi connectivity index (χ4n) is 4.93. The van der Waals surface area contributed by atoms with Gasteiger partial charge in [0, 0.05) is 43.5 Å². The maximum Gasteiger partial charge on any atom is 0.282 e. The Kier molecular flexibility index (Phi) is 6.21. The minimum atomic E-state index is -0.267. The molecule has 0 amide bonds. The predicted octanol–water partition coefficient (Wildman–Crippen LogP) is 8.22. The average Bonchev–Trinajstić information content (AvgIpc) is 3.55. The molecule has 7 aromatic rings. The monoisotopic (exact) mass is 650 g/mol. The van der Waals surface area contributed by atoms with Gasteiger partial charge in [-0.05, 0) is 60.2 Å². The van der Waals surface area contributed by atoms with Gasteiger partial charge >= 0.3 is 0 Å². The lowest BCUT2D eigenvalue weighted by molar-refractivity contribution is 0.616. The Bertz CT molecular complexity index is 2140. The van der Waals surface area contributed by atoms with E-state index in [1.807, 2.05) is 66.7 Å². The van der Waals surface area contributed by atoms with Gasteiger partial charge in [-0.1, -0.05) is 74.3 Å². The maximum atomic E-state index is 13.7. The number of para-hydroxylation sites is 2. The highest BCUT2D eigenvalue weighted by Crippen LogP contribution is 2.29. The Morgan fingerprint density at radius 2 is 1.60 bits per heavy atom. The summed E-state index contributed by atoms with van der Waals surface area (Å²) < 4.78 is 11.6. The Labute approximate surface area is 245 Å². The van der Waals surface area contributed by atoms with Gasteiger partial charge in [-0.15, -0.1) is 0 Å². The highest BCUT2D eigenvalue weighted by Gasteiger charge is 2.17. The van der Waals surface area contributed by atoms with E-state index >= 15 is 0 Å². The lowest BCUT2D eigenvalue weighted by Gasteiger charge is -2.07. The Balaban J connectivity index is 1.37. The van der Waals surface area contributed by atoms with E-state index in [1.165, 1.54) is 10.2 Å². The molecule has 0 saturated carbocycles. The van der Waals surface area contributed by atoms with Crippen LogP contribution in [-0.4, -0.2) is 20.4 Å². The molecule has 0 N–H and O–H groups in total. The molecule has 8 heteroatoms. The molecule has 194 valence electrons. The largest absolute Gasteiger partial charge is 0.453 e. The summed E-state index contributed by atoms with van der Waals surface area (Å²) in [4.78, 5) is 18.5. The SMILES string of the molecule is O=c1c2ccccc2nc(-c2cc3cc(Br)ccc3o2)n1N=Cc1cn(Cc2ccc(Br)cc2)c2ccccc12. The van der Waals surface area contributed by atoms with E-state index in [9.17, 15) is 4.79 Å². The lowest BCUT2D eigenvalue weighted by atomic mass is 10.2. The fourth-order valence-corrected chi connectivity index (χ4v) is 5.57. The number of rotatable bonds is 5. The average molecular weight is 652 g/mol. The molecule has 7 rings (SSSR count). The van der Waals surface area contributed by atoms with Gasteiger partial charge in [-0.3, -0.25) is 4.79 Å². The molecule has 0 fully saturated rings. The third-order valence-corrected chi connectivity index (χ3v) is 7.87. The minimum absolute atomic E-state index is 0.267. The van der Waals surface area contributed by atoms with Crippen LogP contribution in [0.1, 0.15) is 11.1 Å². The number of hydrogen-bond acceptors (Lipinski definition) is 4. The smallest absolute Gasteiger partial charge is 0.282 e. The van der Waals surface area contributed by atoms with Crippen molar-refractivity contribution >= 4 is 70.8 Å². The third kappa shape index (κ3) is 4.49. The number of fused-ring (bicyclic) bond motifs is 3. The Morgan fingerprint density at radius 3 is 2.45 bits per heavy atom. The van der Waals surface area contributed by atoms with Crippen LogP contribution in [0.4, 0.5) is 0 Å². The Hall–Kier alpha value is -4.27. The van der Waals surface area contributed by atoms with E-state index in [-0.39, 0.29) is 5.56 Å². The third-order valence-electron chi connectivity index (χ3n) is 6.85. The van der Waals surface area contributed by atoms with Crippen molar-refractivity contribution in [3.8, 4) is 11.6 Å². The summed E-state index contributed by atoms with van der Waals surface area (Å²) in [6, 6.07) is 31.4. The second-order valence-electron chi connectivity index (χ2n) is 9.46. The van der Waals surface area contributed by atoms with E-state index in [1.54, 1.807) is 12.3 Å². The van der Waals surface area contributed by atoms with Gasteiger partial charge in [0.2, 0.25) is 5.82 Å². The van der Waals surface area contributed by atoms with Gasteiger partial charge in [0.1, 0.15) is 5.58 Å². The number of furan rings is 1. The van der Waals surface area contributed by atoms with Crippen LogP contribution in [-0.2, 0) is 6.54 Å². The van der Waals surface area contributed by atoms with Gasteiger partial charge < -0.3 is 8.98 Å². The molecule has 0 spiro atoms. The van der Waals surface area contributed by atoms with Crippen LogP contribution in [0.2, 0.25) is 0 Å². The first-order chi connectivity index (χ1) is 19.5. The molecule has 0 atom stereocenters. The second-order valence-corrected chi connectivity index (χ2v) is 11.3. The summed E-state index contributed by atoms with van der Waals surface area (Å²) in [6.07, 6.45) is 3.79. The minimum Gasteiger partial charge on any atom is -0.453 e. The van der Waals surface area contributed by atoms with Gasteiger partial charge in [0.05, 0.1) is 17.1 Å². The summed E-state index contributed by atoms with van der Waals surface area (Å²) >= 11 is 7.02. The molecule has 6 nitrogen and oxygen atoms in total. The standard InChI is InChI=1S/C32H20Br2N4O2/c33-23-11-9-20(10-12-23)18-37-19-22(25-5-2-4-8-28(25)37)17-35-38-31(36-27-7-3-1-6-26(27)32(38)39)30-16-21-15-24(34)13-14-29(21)40-30/h1-17,19H,18H2. The summed E-state index contributed by atoms with van der Waals surface area (Å²) in [7, 11) is 0. The highest BCUT2D eigenvalue weighted by molar-refractivity contribution is 9.10. The lowest BCUT2D eigenvalue weighted by Crippen LogP contribution is -2.20. The molecule has 4 aromatic carbocycles. The molecule has 0 aliphatic rings. The number of nitrogens with zero attached hydrogens (tertiary/aromatic N) is 4. The van der Waals surface area contributed by atoms with Gasteiger partial charge in [-0.2, -0.15) is 9.78 Å². The van der Waals surface area contributed by atoms with Crippen LogP contribution < -0.4 is 5.56 Å². The number of benzene rings is 4. The van der Waals surface area contributed by atoms with Crippen LogP contribution >= 0.6 is 31.9 Å². The molecule has 40 heavy (non-hydrogen) atoms. The van der Waals surface area contributed by atoms with Gasteiger partial charge in [0.25, 0.3) is 5.56 Å². The van der Waals surface area contributed by atoms with Crippen LogP contribution in [0, 0.1) is 0 Å². The van der Waals surface area contributed by atoms with Gasteiger partial charge in [-0.25, -0.2) is 4.98 Å². The summed E-state index contributed by atoms with van der Waals surface area (Å²) in [5, 5.41) is 7.13. The number of hydrogen-bond donors (Lipinski definition) is 0. The summed E-state index contributed by atoms with van der Waals surface area (Å²) in [5.74, 6) is 0.802. The summed E-state index contributed by atoms with van der Waals surface area (Å²) in [5.41, 5.74) is 4.18. The zero-order valence-electron chi connectivity index (χ0n) is 21.0. The molecule has 0 unspecified atom stereocenters. The highest BCUT2D eigenvalue weighted by atomic mass is 79.9. The van der Waals surface area contributed by atoms with Crippen molar-refractivity contribution in [2.45, 2.75) is 6.54 Å². The quantitative estimate of drug-likeness (QED) is 0.176. The van der Waals surface area contributed by atoms with E-state index in [2.05, 4.69) is 66.9 Å². The van der Waals surface area contributed by atoms with Crippen molar-refractivity contribution in [3.63, 3.8) is 0 Å². The molecule has 0 aliphatic carbocycles. The molecule has 0 bridgehead atoms. The summed E-state index contributed by atoms with van der Waals surface area (Å²) in [6.45, 7) is 0.707. The van der Waals surface area contributed by atoms with E-state index in [0.29, 0.717) is 34.6 Å². The Morgan fingerprint density at radius 1 is 0.850 bits per heavy atom.